The predicted octanol–water partition coefficient (Wildman–Crippen LogP) is 1.25. The number of hydrogen-bond acceptors (Lipinski definition) is 4. The number of hydrogen-bond donors (Lipinski definition) is 0. The molecule has 0 radical (unpaired) electrons. The van der Waals surface area contributed by atoms with Gasteiger partial charge in [0.2, 0.25) is 0 Å². The maximum Gasteiger partial charge on any atom is 0.164 e. The van der Waals surface area contributed by atoms with E-state index in [1.165, 1.54) is 49.1 Å². The first-order chi connectivity index (χ1) is 30.1. The number of fused-ring (bicyclic) bond motifs is 3. The van der Waals surface area contributed by atoms with Crippen molar-refractivity contribution in [1.82, 2.24) is 15.0 Å². The highest BCUT2D eigenvalue weighted by molar-refractivity contribution is 6.69. The van der Waals surface area contributed by atoms with E-state index in [1.54, 1.807) is 0 Å². The van der Waals surface area contributed by atoms with Gasteiger partial charge in [-0.2, -0.15) is 0 Å². The van der Waals surface area contributed by atoms with Gasteiger partial charge in [0, 0.05) is 27.5 Å². The summed E-state index contributed by atoms with van der Waals surface area (Å²) in [5, 5.41) is 2.44. The van der Waals surface area contributed by atoms with E-state index in [9.17, 15) is 0 Å². The molecule has 0 fully saturated rings. The zero-order valence-corrected chi connectivity index (χ0v) is 36.3. The smallest absolute Gasteiger partial charge is 0.164 e. The second-order valence-electron chi connectivity index (χ2n) is 16.6. The summed E-state index contributed by atoms with van der Waals surface area (Å²) in [4.78, 5) is 15.8. The Morgan fingerprint density at radius 2 is 0.661 bits per heavy atom. The molecule has 0 amide bonds. The molecule has 62 heavy (non-hydrogen) atoms. The van der Waals surface area contributed by atoms with E-state index < -0.39 is 0 Å². The Balaban J connectivity index is 1.20. The molecular weight excluding hydrogens is 746 g/mol. The Morgan fingerprint density at radius 3 is 1.27 bits per heavy atom. The van der Waals surface area contributed by atoms with E-state index >= 15 is 0 Å². The molecule has 11 heteroatoms. The molecule has 0 saturated heterocycles. The second-order valence-corrected chi connectivity index (χ2v) is 16.6. The minimum absolute atomic E-state index is 0.607. The molecule has 0 N–H and O–H groups in total. The van der Waals surface area contributed by atoms with Crippen LogP contribution >= 0.6 is 0 Å². The number of furan rings is 1. The third-order valence-corrected chi connectivity index (χ3v) is 13.0. The van der Waals surface area contributed by atoms with Crippen LogP contribution in [0.1, 0.15) is 0 Å². The lowest BCUT2D eigenvalue weighted by molar-refractivity contribution is 0.675. The molecule has 10 rings (SSSR count). The first-order valence-electron chi connectivity index (χ1n) is 21.4. The summed E-state index contributed by atoms with van der Waals surface area (Å²) in [5.41, 5.74) is 22.4. The monoisotopic (exact) mass is 787 g/mol. The maximum atomic E-state index is 6.93. The summed E-state index contributed by atoms with van der Waals surface area (Å²) < 4.78 is 6.93. The molecule has 10 aromatic rings. The Bertz CT molecular complexity index is 3360. The molecule has 286 valence electrons. The Hall–Kier alpha value is -6.98. The van der Waals surface area contributed by atoms with Crippen molar-refractivity contribution in [2.45, 2.75) is 0 Å². The predicted molar refractivity (Wildman–Crippen MR) is 282 cm³/mol. The molecule has 0 aliphatic carbocycles. The van der Waals surface area contributed by atoms with E-state index in [4.69, 9.17) is 19.4 Å². The van der Waals surface area contributed by atoms with Gasteiger partial charge in [-0.25, -0.2) is 15.0 Å². The quantitative estimate of drug-likeness (QED) is 0.229. The van der Waals surface area contributed by atoms with Gasteiger partial charge < -0.3 is 4.42 Å². The van der Waals surface area contributed by atoms with Gasteiger partial charge in [-0.05, 0) is 74.2 Å². The van der Waals surface area contributed by atoms with Crippen molar-refractivity contribution in [1.29, 1.82) is 0 Å². The van der Waals surface area contributed by atoms with Crippen LogP contribution in [0.5, 0.6) is 0 Å². The Kier molecular flexibility index (Phi) is 9.99. The van der Waals surface area contributed by atoms with Crippen LogP contribution in [0.4, 0.5) is 0 Å². The summed E-state index contributed by atoms with van der Waals surface area (Å²) in [5.74, 6) is 1.84. The second kappa shape index (κ2) is 15.8. The SMILES string of the molecule is Bc1c(B)c(B)c2c(oc3c(B)c(-c4cc(-c5ccccc5)cc(-c5nc(-c6ccc(-c7ccccc7)cc6)nc(-c6cccc(-c7ccccc7)c6)n5)c4)c(B)c(B)c32)c1B. The van der Waals surface area contributed by atoms with E-state index in [0.29, 0.717) is 17.5 Å². The fraction of sp³-hybridized carbons (Fsp3) is 0. The molecular formula is C51H40B7N3O. The lowest BCUT2D eigenvalue weighted by Crippen LogP contribution is -2.47. The fourth-order valence-corrected chi connectivity index (χ4v) is 9.17. The number of benzene rings is 8. The highest BCUT2D eigenvalue weighted by Gasteiger charge is 2.23. The first-order valence-corrected chi connectivity index (χ1v) is 21.4. The Morgan fingerprint density at radius 1 is 0.274 bits per heavy atom. The van der Waals surface area contributed by atoms with Gasteiger partial charge in [0.15, 0.2) is 17.5 Å². The van der Waals surface area contributed by atoms with Gasteiger partial charge in [0.05, 0.1) is 0 Å². The molecule has 8 aromatic carbocycles. The topological polar surface area (TPSA) is 51.8 Å². The molecule has 0 bridgehead atoms. The third kappa shape index (κ3) is 6.82. The molecule has 0 saturated carbocycles. The van der Waals surface area contributed by atoms with Crippen molar-refractivity contribution in [3.05, 3.63) is 158 Å². The van der Waals surface area contributed by atoms with Crippen LogP contribution < -0.4 is 38.2 Å². The van der Waals surface area contributed by atoms with Crippen LogP contribution in [0.3, 0.4) is 0 Å². The van der Waals surface area contributed by atoms with Crippen LogP contribution in [0.15, 0.2) is 162 Å². The molecule has 0 atom stereocenters. The summed E-state index contributed by atoms with van der Waals surface area (Å²) in [6, 6.07) is 55.2. The molecule has 0 aliphatic heterocycles. The van der Waals surface area contributed by atoms with Crippen molar-refractivity contribution in [2.24, 2.45) is 0 Å². The average molecular weight is 787 g/mol. The highest BCUT2D eigenvalue weighted by Crippen LogP contribution is 2.35. The standard InChI is InChI=1S/C51H40B7N3O/c52-40-37(43(55)47-38(41(40)53)39-42(54)44(56)45(57)46(58)48(39)62-47)35-24-34(29-15-8-3-9-16-29)25-36(26-35)51-60-49(31-21-19-30(20-22-31)27-11-4-1-5-12-27)59-50(61-51)33-18-10-17-32(23-33)28-13-6-2-7-14-28/h1-26H,52-58H2. The van der Waals surface area contributed by atoms with E-state index in [1.807, 2.05) is 12.1 Å². The van der Waals surface area contributed by atoms with Gasteiger partial charge in [0.1, 0.15) is 66.1 Å². The van der Waals surface area contributed by atoms with Crippen LogP contribution in [0, 0.1) is 0 Å². The minimum Gasteiger partial charge on any atom is -0.457 e. The zero-order valence-electron chi connectivity index (χ0n) is 36.3. The molecule has 0 unspecified atom stereocenters. The van der Waals surface area contributed by atoms with Crippen molar-refractivity contribution in [3.63, 3.8) is 0 Å². The average Bonchev–Trinajstić information content (AvgIpc) is 3.74. The van der Waals surface area contributed by atoms with Crippen LogP contribution in [0.25, 0.3) is 101 Å². The van der Waals surface area contributed by atoms with Gasteiger partial charge in [0.25, 0.3) is 0 Å². The largest absolute Gasteiger partial charge is 0.457 e. The number of rotatable bonds is 7. The Labute approximate surface area is 369 Å². The first kappa shape index (κ1) is 39.2. The number of aromatic nitrogens is 3. The normalized spacial score (nSPS) is 11.4. The van der Waals surface area contributed by atoms with E-state index in [2.05, 4.69) is 201 Å². The zero-order chi connectivity index (χ0) is 42.6. The minimum atomic E-state index is 0.607. The summed E-state index contributed by atoms with van der Waals surface area (Å²) in [6.07, 6.45) is 0. The molecule has 0 aliphatic rings. The van der Waals surface area contributed by atoms with Crippen LogP contribution in [-0.4, -0.2) is 69.9 Å². The van der Waals surface area contributed by atoms with Crippen molar-refractivity contribution in [3.8, 4) is 78.7 Å². The van der Waals surface area contributed by atoms with Crippen molar-refractivity contribution in [2.75, 3.05) is 0 Å². The van der Waals surface area contributed by atoms with E-state index in [-0.39, 0.29) is 0 Å². The summed E-state index contributed by atoms with van der Waals surface area (Å²) in [6.45, 7) is 0. The summed E-state index contributed by atoms with van der Waals surface area (Å²) in [7, 11) is 15.6. The van der Waals surface area contributed by atoms with Crippen LogP contribution in [-0.2, 0) is 0 Å². The van der Waals surface area contributed by atoms with Gasteiger partial charge in [-0.3, -0.25) is 0 Å². The van der Waals surface area contributed by atoms with Crippen LogP contribution in [0.2, 0.25) is 0 Å². The molecule has 2 heterocycles. The van der Waals surface area contributed by atoms with E-state index in [0.717, 1.165) is 72.3 Å². The van der Waals surface area contributed by atoms with Gasteiger partial charge in [-0.1, -0.05) is 161 Å². The fourth-order valence-electron chi connectivity index (χ4n) is 9.17. The lowest BCUT2D eigenvalue weighted by atomic mass is 9.64. The lowest BCUT2D eigenvalue weighted by Gasteiger charge is -2.18. The van der Waals surface area contributed by atoms with Crippen molar-refractivity contribution < 1.29 is 4.42 Å². The maximum absolute atomic E-state index is 6.93. The highest BCUT2D eigenvalue weighted by atomic mass is 16.3. The molecule has 0 spiro atoms. The molecule has 4 nitrogen and oxygen atoms in total. The molecule has 2 aromatic heterocycles. The van der Waals surface area contributed by atoms with Gasteiger partial charge >= 0.3 is 0 Å². The summed E-state index contributed by atoms with van der Waals surface area (Å²) >= 11 is 0. The number of nitrogens with zero attached hydrogens (tertiary/aromatic N) is 3. The van der Waals surface area contributed by atoms with Gasteiger partial charge in [-0.15, -0.1) is 5.46 Å². The third-order valence-electron chi connectivity index (χ3n) is 13.0. The van der Waals surface area contributed by atoms with Crippen molar-refractivity contribution >= 4 is 115 Å².